The summed E-state index contributed by atoms with van der Waals surface area (Å²) in [6, 6.07) is 15.6. The molecule has 2 aromatic carbocycles. The zero-order chi connectivity index (χ0) is 24.2. The summed E-state index contributed by atoms with van der Waals surface area (Å²) in [6.45, 7) is 1.28. The van der Waals surface area contributed by atoms with Crippen LogP contribution in [0.5, 0.6) is 0 Å². The number of rotatable bonds is 6. The number of hydrogen-bond acceptors (Lipinski definition) is 7. The molecule has 4 aromatic rings. The van der Waals surface area contributed by atoms with Gasteiger partial charge in [-0.2, -0.15) is 9.36 Å². The number of nitrogens with zero attached hydrogens (tertiary/aromatic N) is 4. The van der Waals surface area contributed by atoms with Crippen LogP contribution in [-0.2, 0) is 11.2 Å². The second-order valence-electron chi connectivity index (χ2n) is 8.27. The van der Waals surface area contributed by atoms with Gasteiger partial charge in [0.05, 0.1) is 11.4 Å². The summed E-state index contributed by atoms with van der Waals surface area (Å²) in [6.07, 6.45) is 1.85. The molecule has 0 atom stereocenters. The van der Waals surface area contributed by atoms with E-state index in [2.05, 4.69) is 19.7 Å². The number of nitrogens with one attached hydrogen (secondary N) is 1. The summed E-state index contributed by atoms with van der Waals surface area (Å²) in [5.74, 6) is 0.211. The Morgan fingerprint density at radius 1 is 1.03 bits per heavy atom. The van der Waals surface area contributed by atoms with Gasteiger partial charge in [0.1, 0.15) is 11.5 Å². The molecule has 1 fully saturated rings. The van der Waals surface area contributed by atoms with Crippen molar-refractivity contribution in [2.45, 2.75) is 25.2 Å². The molecule has 1 aliphatic rings. The third-order valence-electron chi connectivity index (χ3n) is 5.90. The fourth-order valence-corrected chi connectivity index (χ4v) is 5.54. The standard InChI is InChI=1S/C25H22FN5O2S2/c26-19-8-6-16(7-9-19)14-21(32)31-12-10-18(11-13-31)24-27-20(15-34-24)23(33)29-25-28-22(30-35-25)17-4-2-1-3-5-17/h1-9,15,18H,10-14H2,(H,28,29,30,33). The third kappa shape index (κ3) is 5.60. The first kappa shape index (κ1) is 23.3. The molecule has 178 valence electrons. The lowest BCUT2D eigenvalue weighted by Gasteiger charge is -2.31. The Balaban J connectivity index is 1.14. The molecule has 0 radical (unpaired) electrons. The van der Waals surface area contributed by atoms with Crippen LogP contribution < -0.4 is 5.32 Å². The monoisotopic (exact) mass is 507 g/mol. The van der Waals surface area contributed by atoms with Crippen LogP contribution in [-0.4, -0.2) is 44.1 Å². The molecular weight excluding hydrogens is 485 g/mol. The van der Waals surface area contributed by atoms with E-state index in [-0.39, 0.29) is 30.0 Å². The summed E-state index contributed by atoms with van der Waals surface area (Å²) in [5, 5.41) is 5.88. The van der Waals surface area contributed by atoms with E-state index in [1.54, 1.807) is 17.5 Å². The van der Waals surface area contributed by atoms with Crippen molar-refractivity contribution in [3.63, 3.8) is 0 Å². The van der Waals surface area contributed by atoms with Crippen molar-refractivity contribution >= 4 is 39.8 Å². The second-order valence-corrected chi connectivity index (χ2v) is 9.91. The van der Waals surface area contributed by atoms with Gasteiger partial charge in [-0.3, -0.25) is 14.9 Å². The van der Waals surface area contributed by atoms with Crippen LogP contribution in [0.3, 0.4) is 0 Å². The lowest BCUT2D eigenvalue weighted by molar-refractivity contribution is -0.131. The van der Waals surface area contributed by atoms with Crippen molar-refractivity contribution in [1.82, 2.24) is 19.2 Å². The second kappa shape index (κ2) is 10.4. The van der Waals surface area contributed by atoms with Gasteiger partial charge >= 0.3 is 0 Å². The highest BCUT2D eigenvalue weighted by molar-refractivity contribution is 7.10. The van der Waals surface area contributed by atoms with Gasteiger partial charge in [-0.05, 0) is 30.5 Å². The number of aromatic nitrogens is 3. The Bertz CT molecular complexity index is 1320. The minimum absolute atomic E-state index is 0.0428. The molecule has 0 spiro atoms. The van der Waals surface area contributed by atoms with Crippen LogP contribution in [0.1, 0.15) is 39.8 Å². The van der Waals surface area contributed by atoms with Gasteiger partial charge in [0.15, 0.2) is 5.82 Å². The van der Waals surface area contributed by atoms with Crippen molar-refractivity contribution in [2.75, 3.05) is 18.4 Å². The first-order valence-electron chi connectivity index (χ1n) is 11.2. The fourth-order valence-electron chi connectivity index (χ4n) is 3.98. The molecule has 2 aromatic heterocycles. The lowest BCUT2D eigenvalue weighted by atomic mass is 9.97. The molecule has 1 saturated heterocycles. The number of piperidine rings is 1. The summed E-state index contributed by atoms with van der Waals surface area (Å²) in [5.41, 5.74) is 2.05. The number of likely N-dealkylation sites (tertiary alicyclic amines) is 1. The van der Waals surface area contributed by atoms with E-state index in [0.717, 1.165) is 40.5 Å². The van der Waals surface area contributed by atoms with Gasteiger partial charge < -0.3 is 4.90 Å². The summed E-state index contributed by atoms with van der Waals surface area (Å²) >= 11 is 2.60. The van der Waals surface area contributed by atoms with Gasteiger partial charge in [-0.15, -0.1) is 11.3 Å². The Labute approximate surface area is 209 Å². The number of anilines is 1. The van der Waals surface area contributed by atoms with E-state index in [9.17, 15) is 14.0 Å². The Morgan fingerprint density at radius 3 is 2.51 bits per heavy atom. The van der Waals surface area contributed by atoms with Crippen molar-refractivity contribution in [3.8, 4) is 11.4 Å². The van der Waals surface area contributed by atoms with Gasteiger partial charge in [0, 0.05) is 41.5 Å². The molecule has 0 aliphatic carbocycles. The smallest absolute Gasteiger partial charge is 0.276 e. The average molecular weight is 508 g/mol. The molecule has 35 heavy (non-hydrogen) atoms. The Morgan fingerprint density at radius 2 is 1.77 bits per heavy atom. The number of amides is 2. The zero-order valence-corrected chi connectivity index (χ0v) is 20.3. The highest BCUT2D eigenvalue weighted by Gasteiger charge is 2.26. The van der Waals surface area contributed by atoms with E-state index in [0.29, 0.717) is 29.7 Å². The Hall–Kier alpha value is -3.50. The van der Waals surface area contributed by atoms with Crippen LogP contribution in [0.4, 0.5) is 9.52 Å². The highest BCUT2D eigenvalue weighted by atomic mass is 32.1. The van der Waals surface area contributed by atoms with E-state index in [1.165, 1.54) is 23.5 Å². The van der Waals surface area contributed by atoms with Gasteiger partial charge in [-0.25, -0.2) is 9.37 Å². The third-order valence-corrected chi connectivity index (χ3v) is 7.54. The van der Waals surface area contributed by atoms with E-state index in [4.69, 9.17) is 0 Å². The molecule has 10 heteroatoms. The quantitative estimate of drug-likeness (QED) is 0.397. The maximum absolute atomic E-state index is 13.1. The number of carbonyl (C=O) groups excluding carboxylic acids is 2. The van der Waals surface area contributed by atoms with Crippen LogP contribution in [0.15, 0.2) is 60.0 Å². The van der Waals surface area contributed by atoms with Crippen molar-refractivity contribution in [3.05, 3.63) is 82.1 Å². The molecule has 0 bridgehead atoms. The van der Waals surface area contributed by atoms with E-state index >= 15 is 0 Å². The minimum Gasteiger partial charge on any atom is -0.342 e. The van der Waals surface area contributed by atoms with Crippen molar-refractivity contribution in [1.29, 1.82) is 0 Å². The van der Waals surface area contributed by atoms with Crippen LogP contribution in [0, 0.1) is 5.82 Å². The number of benzene rings is 2. The molecule has 0 unspecified atom stereocenters. The van der Waals surface area contributed by atoms with Crippen LogP contribution in [0.25, 0.3) is 11.4 Å². The van der Waals surface area contributed by atoms with Crippen LogP contribution in [0.2, 0.25) is 0 Å². The molecule has 3 heterocycles. The minimum atomic E-state index is -0.310. The lowest BCUT2D eigenvalue weighted by Crippen LogP contribution is -2.38. The van der Waals surface area contributed by atoms with Gasteiger partial charge in [-0.1, -0.05) is 42.5 Å². The predicted molar refractivity (Wildman–Crippen MR) is 134 cm³/mol. The SMILES string of the molecule is O=C(Nc1nc(-c2ccccc2)ns1)c1csc(C2CCN(C(=O)Cc3ccc(F)cc3)CC2)n1. The maximum Gasteiger partial charge on any atom is 0.276 e. The van der Waals surface area contributed by atoms with Gasteiger partial charge in [0.25, 0.3) is 5.91 Å². The first-order valence-corrected chi connectivity index (χ1v) is 12.9. The summed E-state index contributed by atoms with van der Waals surface area (Å²) in [4.78, 5) is 36.1. The first-order chi connectivity index (χ1) is 17.0. The van der Waals surface area contributed by atoms with Crippen molar-refractivity contribution in [2.24, 2.45) is 0 Å². The summed E-state index contributed by atoms with van der Waals surface area (Å²) < 4.78 is 17.4. The van der Waals surface area contributed by atoms with Crippen molar-refractivity contribution < 1.29 is 14.0 Å². The largest absolute Gasteiger partial charge is 0.342 e. The van der Waals surface area contributed by atoms with E-state index < -0.39 is 0 Å². The molecular formula is C25H22FN5O2S2. The number of hydrogen-bond donors (Lipinski definition) is 1. The zero-order valence-electron chi connectivity index (χ0n) is 18.7. The normalized spacial score (nSPS) is 14.1. The number of carbonyl (C=O) groups is 2. The topological polar surface area (TPSA) is 88.1 Å². The average Bonchev–Trinajstić information content (AvgIpc) is 3.56. The number of thiazole rings is 1. The molecule has 0 saturated carbocycles. The molecule has 1 N–H and O–H groups in total. The van der Waals surface area contributed by atoms with Gasteiger partial charge in [0.2, 0.25) is 11.0 Å². The molecule has 7 nitrogen and oxygen atoms in total. The Kier molecular flexibility index (Phi) is 6.91. The molecule has 2 amide bonds. The molecule has 5 rings (SSSR count). The van der Waals surface area contributed by atoms with Crippen LogP contribution >= 0.6 is 22.9 Å². The highest BCUT2D eigenvalue weighted by Crippen LogP contribution is 2.31. The maximum atomic E-state index is 13.1. The summed E-state index contributed by atoms with van der Waals surface area (Å²) in [7, 11) is 0. The molecule has 1 aliphatic heterocycles. The predicted octanol–water partition coefficient (Wildman–Crippen LogP) is 5.00. The fraction of sp³-hybridized carbons (Fsp3) is 0.240. The van der Waals surface area contributed by atoms with E-state index in [1.807, 2.05) is 35.2 Å². The number of halogens is 1.